The van der Waals surface area contributed by atoms with Crippen molar-refractivity contribution in [1.29, 1.82) is 0 Å². The van der Waals surface area contributed by atoms with Gasteiger partial charge < -0.3 is 19.3 Å². The van der Waals surface area contributed by atoms with Gasteiger partial charge in [-0.25, -0.2) is 4.39 Å². The van der Waals surface area contributed by atoms with Crippen molar-refractivity contribution < 1.29 is 23.7 Å². The number of hydrogen-bond acceptors (Lipinski definition) is 5. The molecule has 1 N–H and O–H groups in total. The van der Waals surface area contributed by atoms with Crippen LogP contribution in [0.2, 0.25) is 5.02 Å². The molecule has 7 heteroatoms. The third kappa shape index (κ3) is 6.10. The molecule has 1 atom stereocenters. The SMILES string of the molecule is O[C@H](COc1ccc(Cl)cc1)CN(Cc1ccc(F)cc1)Cc1ccc2c(c1)OCO2. The summed E-state index contributed by atoms with van der Waals surface area (Å²) in [7, 11) is 0. The number of aliphatic hydroxyl groups excluding tert-OH is 1. The van der Waals surface area contributed by atoms with Crippen LogP contribution in [0.4, 0.5) is 4.39 Å². The third-order valence-corrected chi connectivity index (χ3v) is 5.14. The molecular weight excluding hydrogens is 421 g/mol. The maximum Gasteiger partial charge on any atom is 0.231 e. The van der Waals surface area contributed by atoms with Crippen LogP contribution >= 0.6 is 11.6 Å². The first kappa shape index (κ1) is 21.4. The molecule has 0 spiro atoms. The average molecular weight is 444 g/mol. The van der Waals surface area contributed by atoms with Gasteiger partial charge in [0.2, 0.25) is 6.79 Å². The molecule has 3 aromatic carbocycles. The lowest BCUT2D eigenvalue weighted by molar-refractivity contribution is 0.0628. The first-order valence-corrected chi connectivity index (χ1v) is 10.3. The lowest BCUT2D eigenvalue weighted by atomic mass is 10.1. The largest absolute Gasteiger partial charge is 0.491 e. The molecule has 0 radical (unpaired) electrons. The van der Waals surface area contributed by atoms with Gasteiger partial charge in [0, 0.05) is 24.7 Å². The van der Waals surface area contributed by atoms with E-state index in [0.29, 0.717) is 36.2 Å². The number of fused-ring (bicyclic) bond motifs is 1. The van der Waals surface area contributed by atoms with Gasteiger partial charge >= 0.3 is 0 Å². The van der Waals surface area contributed by atoms with E-state index in [9.17, 15) is 9.50 Å². The zero-order chi connectivity index (χ0) is 21.6. The van der Waals surface area contributed by atoms with Crippen LogP contribution in [0.3, 0.4) is 0 Å². The Morgan fingerprint density at radius 3 is 2.39 bits per heavy atom. The number of halogens is 2. The number of hydrogen-bond donors (Lipinski definition) is 1. The normalized spacial score (nSPS) is 13.4. The smallest absolute Gasteiger partial charge is 0.231 e. The van der Waals surface area contributed by atoms with E-state index in [-0.39, 0.29) is 19.2 Å². The molecule has 1 heterocycles. The molecule has 0 aliphatic carbocycles. The van der Waals surface area contributed by atoms with E-state index in [4.69, 9.17) is 25.8 Å². The van der Waals surface area contributed by atoms with Crippen molar-refractivity contribution in [3.05, 3.63) is 88.7 Å². The van der Waals surface area contributed by atoms with Gasteiger partial charge in [0.15, 0.2) is 11.5 Å². The number of nitrogens with zero attached hydrogens (tertiary/aromatic N) is 1. The van der Waals surface area contributed by atoms with E-state index in [1.54, 1.807) is 36.4 Å². The highest BCUT2D eigenvalue weighted by Gasteiger charge is 2.17. The molecule has 1 aliphatic heterocycles. The first-order valence-electron chi connectivity index (χ1n) is 9.97. The molecule has 3 aromatic rings. The second kappa shape index (κ2) is 10.0. The van der Waals surface area contributed by atoms with Gasteiger partial charge in [-0.15, -0.1) is 0 Å². The number of aliphatic hydroxyl groups is 1. The summed E-state index contributed by atoms with van der Waals surface area (Å²) in [5.41, 5.74) is 1.98. The van der Waals surface area contributed by atoms with E-state index >= 15 is 0 Å². The Bertz CT molecular complexity index is 997. The lowest BCUT2D eigenvalue weighted by Gasteiger charge is -2.25. The van der Waals surface area contributed by atoms with Crippen molar-refractivity contribution in [1.82, 2.24) is 4.90 Å². The highest BCUT2D eigenvalue weighted by atomic mass is 35.5. The van der Waals surface area contributed by atoms with Crippen molar-refractivity contribution in [2.45, 2.75) is 19.2 Å². The van der Waals surface area contributed by atoms with Gasteiger partial charge in [-0.3, -0.25) is 4.90 Å². The maximum absolute atomic E-state index is 13.3. The summed E-state index contributed by atoms with van der Waals surface area (Å²) in [6.07, 6.45) is -0.717. The van der Waals surface area contributed by atoms with E-state index < -0.39 is 6.10 Å². The van der Waals surface area contributed by atoms with Gasteiger partial charge in [-0.2, -0.15) is 0 Å². The Labute approximate surface area is 185 Å². The zero-order valence-electron chi connectivity index (χ0n) is 16.8. The van der Waals surface area contributed by atoms with Gasteiger partial charge in [0.25, 0.3) is 0 Å². The Balaban J connectivity index is 1.42. The second-order valence-corrected chi connectivity index (χ2v) is 7.84. The highest BCUT2D eigenvalue weighted by molar-refractivity contribution is 6.30. The topological polar surface area (TPSA) is 51.2 Å². The summed E-state index contributed by atoms with van der Waals surface area (Å²) in [4.78, 5) is 2.08. The number of ether oxygens (including phenoxy) is 3. The summed E-state index contributed by atoms with van der Waals surface area (Å²) in [6.45, 7) is 1.86. The van der Waals surface area contributed by atoms with Crippen LogP contribution in [0.1, 0.15) is 11.1 Å². The third-order valence-electron chi connectivity index (χ3n) is 4.89. The van der Waals surface area contributed by atoms with Crippen LogP contribution in [0.25, 0.3) is 0 Å². The maximum atomic E-state index is 13.3. The molecule has 0 fully saturated rings. The molecule has 0 bridgehead atoms. The monoisotopic (exact) mass is 443 g/mol. The van der Waals surface area contributed by atoms with Crippen molar-refractivity contribution in [3.63, 3.8) is 0 Å². The van der Waals surface area contributed by atoms with Gasteiger partial charge in [-0.1, -0.05) is 29.8 Å². The van der Waals surface area contributed by atoms with Crippen LogP contribution in [0.15, 0.2) is 66.7 Å². The summed E-state index contributed by atoms with van der Waals surface area (Å²) in [5.74, 6) is 1.81. The number of benzene rings is 3. The van der Waals surface area contributed by atoms with Crippen molar-refractivity contribution >= 4 is 11.6 Å². The lowest BCUT2D eigenvalue weighted by Crippen LogP contribution is -2.35. The quantitative estimate of drug-likeness (QED) is 0.521. The van der Waals surface area contributed by atoms with Gasteiger partial charge in [-0.05, 0) is 59.7 Å². The Kier molecular flexibility index (Phi) is 6.92. The summed E-state index contributed by atoms with van der Waals surface area (Å²) < 4.78 is 29.8. The molecular formula is C24H23ClFNO4. The van der Waals surface area contributed by atoms with Crippen LogP contribution in [-0.2, 0) is 13.1 Å². The molecule has 4 rings (SSSR count). The van der Waals surface area contributed by atoms with Gasteiger partial charge in [0.1, 0.15) is 24.3 Å². The molecule has 31 heavy (non-hydrogen) atoms. The molecule has 5 nitrogen and oxygen atoms in total. The number of rotatable bonds is 9. The van der Waals surface area contributed by atoms with E-state index in [0.717, 1.165) is 16.9 Å². The first-order chi connectivity index (χ1) is 15.0. The summed E-state index contributed by atoms with van der Waals surface area (Å²) >= 11 is 5.89. The highest BCUT2D eigenvalue weighted by Crippen LogP contribution is 2.33. The zero-order valence-corrected chi connectivity index (χ0v) is 17.6. The van der Waals surface area contributed by atoms with Crippen LogP contribution in [0, 0.1) is 5.82 Å². The van der Waals surface area contributed by atoms with Crippen molar-refractivity contribution in [2.75, 3.05) is 19.9 Å². The predicted molar refractivity (Wildman–Crippen MR) is 116 cm³/mol. The Morgan fingerprint density at radius 1 is 0.935 bits per heavy atom. The Hall–Kier alpha value is -2.80. The minimum atomic E-state index is -0.717. The fourth-order valence-corrected chi connectivity index (χ4v) is 3.53. The molecule has 1 aliphatic rings. The standard InChI is InChI=1S/C24H23ClFNO4/c25-19-4-8-22(9-5-19)29-15-21(28)14-27(12-17-1-6-20(26)7-2-17)13-18-3-10-23-24(11-18)31-16-30-23/h1-11,21,28H,12-16H2/t21-/m0/s1. The molecule has 0 amide bonds. The van der Waals surface area contributed by atoms with Crippen molar-refractivity contribution in [2.24, 2.45) is 0 Å². The minimum Gasteiger partial charge on any atom is -0.491 e. The summed E-state index contributed by atoms with van der Waals surface area (Å²) in [5, 5.41) is 11.2. The Morgan fingerprint density at radius 2 is 1.61 bits per heavy atom. The minimum absolute atomic E-state index is 0.142. The van der Waals surface area contributed by atoms with E-state index in [2.05, 4.69) is 4.90 Å². The fraction of sp³-hybridized carbons (Fsp3) is 0.250. The van der Waals surface area contributed by atoms with Crippen molar-refractivity contribution in [3.8, 4) is 17.2 Å². The van der Waals surface area contributed by atoms with Crippen LogP contribution < -0.4 is 14.2 Å². The predicted octanol–water partition coefficient (Wildman–Crippen LogP) is 4.65. The second-order valence-electron chi connectivity index (χ2n) is 7.40. The summed E-state index contributed by atoms with van der Waals surface area (Å²) in [6, 6.07) is 19.2. The molecule has 0 unspecified atom stereocenters. The molecule has 0 aromatic heterocycles. The van der Waals surface area contributed by atoms with E-state index in [1.807, 2.05) is 18.2 Å². The molecule has 0 saturated carbocycles. The molecule has 162 valence electrons. The molecule has 0 saturated heterocycles. The van der Waals surface area contributed by atoms with Gasteiger partial charge in [0.05, 0.1) is 0 Å². The average Bonchev–Trinajstić information content (AvgIpc) is 3.23. The van der Waals surface area contributed by atoms with Crippen LogP contribution in [0.5, 0.6) is 17.2 Å². The van der Waals surface area contributed by atoms with Crippen LogP contribution in [-0.4, -0.2) is 36.1 Å². The fourth-order valence-electron chi connectivity index (χ4n) is 3.40. The van der Waals surface area contributed by atoms with E-state index in [1.165, 1.54) is 12.1 Å².